The van der Waals surface area contributed by atoms with Crippen LogP contribution in [0.25, 0.3) is 5.57 Å². The Hall–Kier alpha value is -2.73. The van der Waals surface area contributed by atoms with Gasteiger partial charge in [-0.05, 0) is 68.0 Å². The Morgan fingerprint density at radius 1 is 1.14 bits per heavy atom. The molecule has 1 aliphatic carbocycles. The molecule has 2 aromatic heterocycles. The molecular formula is C22H27N5O. The summed E-state index contributed by atoms with van der Waals surface area (Å²) in [6.07, 6.45) is 9.59. The second-order valence-corrected chi connectivity index (χ2v) is 7.43. The molecule has 4 rings (SSSR count). The number of rotatable bonds is 4. The van der Waals surface area contributed by atoms with Gasteiger partial charge in [-0.3, -0.25) is 4.79 Å². The van der Waals surface area contributed by atoms with Gasteiger partial charge in [0, 0.05) is 25.8 Å². The van der Waals surface area contributed by atoms with Crippen molar-refractivity contribution in [2.75, 3.05) is 36.8 Å². The Morgan fingerprint density at radius 2 is 2.07 bits per heavy atom. The Labute approximate surface area is 165 Å². The third-order valence-electron chi connectivity index (χ3n) is 5.46. The predicted molar refractivity (Wildman–Crippen MR) is 112 cm³/mol. The van der Waals surface area contributed by atoms with Crippen molar-refractivity contribution in [1.82, 2.24) is 15.3 Å². The summed E-state index contributed by atoms with van der Waals surface area (Å²) in [5.41, 5.74) is 9.16. The van der Waals surface area contributed by atoms with Gasteiger partial charge in [0.15, 0.2) is 0 Å². The quantitative estimate of drug-likeness (QED) is 0.797. The lowest BCUT2D eigenvalue weighted by Crippen LogP contribution is -2.29. The number of allylic oxidation sites excluding steroid dienone is 2. The Morgan fingerprint density at radius 3 is 2.93 bits per heavy atom. The van der Waals surface area contributed by atoms with Crippen molar-refractivity contribution < 1.29 is 4.79 Å². The van der Waals surface area contributed by atoms with E-state index in [1.165, 1.54) is 18.4 Å². The minimum atomic E-state index is -0.168. The van der Waals surface area contributed by atoms with Crippen LogP contribution < -0.4 is 16.0 Å². The highest BCUT2D eigenvalue weighted by Crippen LogP contribution is 2.28. The van der Waals surface area contributed by atoms with Crippen LogP contribution in [0.2, 0.25) is 0 Å². The highest BCUT2D eigenvalue weighted by Gasteiger charge is 2.19. The van der Waals surface area contributed by atoms with Gasteiger partial charge in [-0.2, -0.15) is 0 Å². The lowest BCUT2D eigenvalue weighted by molar-refractivity contribution is 0.103. The molecular weight excluding hydrogens is 350 g/mol. The van der Waals surface area contributed by atoms with Gasteiger partial charge in [-0.25, -0.2) is 9.97 Å². The van der Waals surface area contributed by atoms with E-state index in [1.54, 1.807) is 12.3 Å². The number of hydrogen-bond donors (Lipinski definition) is 2. The van der Waals surface area contributed by atoms with Crippen LogP contribution in [0.4, 0.5) is 11.6 Å². The van der Waals surface area contributed by atoms with E-state index >= 15 is 0 Å². The molecule has 0 saturated carbocycles. The highest BCUT2D eigenvalue weighted by molar-refractivity contribution is 6.11. The van der Waals surface area contributed by atoms with Gasteiger partial charge >= 0.3 is 0 Å². The van der Waals surface area contributed by atoms with Crippen molar-refractivity contribution in [2.45, 2.75) is 32.1 Å². The molecule has 146 valence electrons. The van der Waals surface area contributed by atoms with Crippen LogP contribution in [0.1, 0.15) is 53.7 Å². The van der Waals surface area contributed by atoms with Crippen LogP contribution in [0.5, 0.6) is 0 Å². The average Bonchev–Trinajstić information content (AvgIpc) is 3.04. The van der Waals surface area contributed by atoms with E-state index in [-0.39, 0.29) is 11.6 Å². The highest BCUT2D eigenvalue weighted by atomic mass is 16.1. The van der Waals surface area contributed by atoms with Gasteiger partial charge in [0.1, 0.15) is 17.3 Å². The summed E-state index contributed by atoms with van der Waals surface area (Å²) in [7, 11) is 0. The molecule has 6 heteroatoms. The fourth-order valence-corrected chi connectivity index (χ4v) is 3.87. The number of nitrogens with one attached hydrogen (secondary N) is 1. The minimum Gasteiger partial charge on any atom is -0.383 e. The summed E-state index contributed by atoms with van der Waals surface area (Å²) in [6.45, 7) is 3.76. The molecule has 1 saturated heterocycles. The number of pyridine rings is 2. The van der Waals surface area contributed by atoms with Crippen LogP contribution in [0, 0.1) is 0 Å². The molecule has 0 aromatic carbocycles. The maximum atomic E-state index is 13.2. The minimum absolute atomic E-state index is 0.168. The van der Waals surface area contributed by atoms with Crippen LogP contribution in [-0.4, -0.2) is 41.9 Å². The normalized spacial score (nSPS) is 17.7. The second kappa shape index (κ2) is 8.52. The SMILES string of the molecule is Nc1ncc(C2=CCCCC2)cc1C(=O)c1cccc(N2CCCNCC2)n1. The first-order chi connectivity index (χ1) is 13.7. The van der Waals surface area contributed by atoms with Crippen LogP contribution >= 0.6 is 0 Å². The number of ketones is 1. The standard InChI is InChI=1S/C22H27N5O/c23-22-18(14-17(15-25-22)16-6-2-1-3-7-16)21(28)19-8-4-9-20(26-19)27-12-5-10-24-11-13-27/h4,6,8-9,14-15,24H,1-3,5,7,10-13H2,(H2,23,25). The third kappa shape index (κ3) is 4.07. The van der Waals surface area contributed by atoms with Crippen molar-refractivity contribution in [2.24, 2.45) is 0 Å². The molecule has 3 N–H and O–H groups in total. The van der Waals surface area contributed by atoms with E-state index < -0.39 is 0 Å². The van der Waals surface area contributed by atoms with Gasteiger partial charge in [-0.1, -0.05) is 12.1 Å². The molecule has 1 fully saturated rings. The molecule has 2 aromatic rings. The second-order valence-electron chi connectivity index (χ2n) is 7.43. The number of carbonyl (C=O) groups is 1. The molecule has 0 amide bonds. The lowest BCUT2D eigenvalue weighted by atomic mass is 9.93. The largest absolute Gasteiger partial charge is 0.383 e. The Balaban J connectivity index is 1.62. The van der Waals surface area contributed by atoms with Gasteiger partial charge in [0.2, 0.25) is 5.78 Å². The summed E-state index contributed by atoms with van der Waals surface area (Å²) >= 11 is 0. The Bertz CT molecular complexity index is 884. The van der Waals surface area contributed by atoms with Crippen molar-refractivity contribution in [1.29, 1.82) is 0 Å². The number of anilines is 2. The van der Waals surface area contributed by atoms with Gasteiger partial charge in [0.25, 0.3) is 0 Å². The first-order valence-electron chi connectivity index (χ1n) is 10.1. The van der Waals surface area contributed by atoms with E-state index in [2.05, 4.69) is 26.3 Å². The topological polar surface area (TPSA) is 84.1 Å². The molecule has 28 heavy (non-hydrogen) atoms. The maximum absolute atomic E-state index is 13.2. The van der Waals surface area contributed by atoms with E-state index in [1.807, 2.05) is 18.2 Å². The fourth-order valence-electron chi connectivity index (χ4n) is 3.87. The fraction of sp³-hybridized carbons (Fsp3) is 0.409. The third-order valence-corrected chi connectivity index (χ3v) is 5.46. The zero-order valence-corrected chi connectivity index (χ0v) is 16.2. The number of nitrogen functional groups attached to an aromatic ring is 1. The number of nitrogens with zero attached hydrogens (tertiary/aromatic N) is 3. The van der Waals surface area contributed by atoms with Gasteiger partial charge in [0.05, 0.1) is 5.56 Å². The van der Waals surface area contributed by atoms with Crippen molar-refractivity contribution in [3.8, 4) is 0 Å². The smallest absolute Gasteiger partial charge is 0.215 e. The zero-order chi connectivity index (χ0) is 19.3. The molecule has 2 aliphatic rings. The first-order valence-corrected chi connectivity index (χ1v) is 10.1. The zero-order valence-electron chi connectivity index (χ0n) is 16.2. The summed E-state index contributed by atoms with van der Waals surface area (Å²) in [6, 6.07) is 7.50. The van der Waals surface area contributed by atoms with E-state index in [0.717, 1.165) is 56.8 Å². The molecule has 0 radical (unpaired) electrons. The van der Waals surface area contributed by atoms with E-state index in [0.29, 0.717) is 11.3 Å². The molecule has 1 aliphatic heterocycles. The van der Waals surface area contributed by atoms with Crippen molar-refractivity contribution >= 4 is 23.0 Å². The molecule has 0 unspecified atom stereocenters. The molecule has 0 spiro atoms. The summed E-state index contributed by atoms with van der Waals surface area (Å²) < 4.78 is 0. The van der Waals surface area contributed by atoms with Crippen molar-refractivity contribution in [3.63, 3.8) is 0 Å². The van der Waals surface area contributed by atoms with Crippen LogP contribution in [0.3, 0.4) is 0 Å². The summed E-state index contributed by atoms with van der Waals surface area (Å²) in [5, 5.41) is 3.39. The number of carbonyl (C=O) groups excluding carboxylic acids is 1. The molecule has 0 atom stereocenters. The van der Waals surface area contributed by atoms with E-state index in [4.69, 9.17) is 5.73 Å². The first kappa shape index (κ1) is 18.6. The number of nitrogens with two attached hydrogens (primary N) is 1. The van der Waals surface area contributed by atoms with E-state index in [9.17, 15) is 4.79 Å². The average molecular weight is 377 g/mol. The number of aromatic nitrogens is 2. The molecule has 3 heterocycles. The van der Waals surface area contributed by atoms with Crippen LogP contribution in [0.15, 0.2) is 36.5 Å². The van der Waals surface area contributed by atoms with Crippen LogP contribution in [-0.2, 0) is 0 Å². The number of hydrogen-bond acceptors (Lipinski definition) is 6. The Kier molecular flexibility index (Phi) is 5.67. The molecule has 6 nitrogen and oxygen atoms in total. The van der Waals surface area contributed by atoms with Gasteiger partial charge < -0.3 is 16.0 Å². The lowest BCUT2D eigenvalue weighted by Gasteiger charge is -2.21. The summed E-state index contributed by atoms with van der Waals surface area (Å²) in [4.78, 5) is 24.3. The van der Waals surface area contributed by atoms with Crippen molar-refractivity contribution in [3.05, 3.63) is 53.4 Å². The predicted octanol–water partition coefficient (Wildman–Crippen LogP) is 3.05. The summed E-state index contributed by atoms with van der Waals surface area (Å²) in [5.74, 6) is 0.932. The monoisotopic (exact) mass is 377 g/mol. The maximum Gasteiger partial charge on any atom is 0.215 e. The van der Waals surface area contributed by atoms with Gasteiger partial charge in [-0.15, -0.1) is 0 Å². The molecule has 0 bridgehead atoms.